The molecule has 0 aromatic carbocycles. The van der Waals surface area contributed by atoms with Crippen molar-refractivity contribution in [1.29, 1.82) is 0 Å². The maximum absolute atomic E-state index is 12.3. The van der Waals surface area contributed by atoms with Gasteiger partial charge in [-0.05, 0) is 25.2 Å². The molecule has 0 aromatic rings. The van der Waals surface area contributed by atoms with E-state index in [-0.39, 0.29) is 17.5 Å². The van der Waals surface area contributed by atoms with Crippen LogP contribution in [0.25, 0.3) is 0 Å². The van der Waals surface area contributed by atoms with Crippen LogP contribution in [0.5, 0.6) is 0 Å². The predicted molar refractivity (Wildman–Crippen MR) is 76.7 cm³/mol. The van der Waals surface area contributed by atoms with Gasteiger partial charge in [-0.1, -0.05) is 13.3 Å². The topological polar surface area (TPSA) is 104 Å². The lowest BCUT2D eigenvalue weighted by Crippen LogP contribution is -2.52. The van der Waals surface area contributed by atoms with E-state index >= 15 is 0 Å². The Morgan fingerprint density at radius 3 is 2.48 bits per heavy atom. The van der Waals surface area contributed by atoms with Gasteiger partial charge < -0.3 is 15.3 Å². The molecule has 0 aromatic heterocycles. The number of hydrogen-bond acceptors (Lipinski definition) is 4. The highest BCUT2D eigenvalue weighted by molar-refractivity contribution is 7.91. The van der Waals surface area contributed by atoms with E-state index in [0.717, 1.165) is 24.2 Å². The number of nitrogens with one attached hydrogen (secondary N) is 1. The summed E-state index contributed by atoms with van der Waals surface area (Å²) in [6.07, 6.45) is 3.28. The summed E-state index contributed by atoms with van der Waals surface area (Å²) in [6.45, 7) is 1.59. The van der Waals surface area contributed by atoms with E-state index in [2.05, 4.69) is 12.2 Å². The van der Waals surface area contributed by atoms with Gasteiger partial charge in [0.05, 0.1) is 11.5 Å². The number of carbonyl (C=O) groups is 2. The molecule has 2 fully saturated rings. The predicted octanol–water partition coefficient (Wildman–Crippen LogP) is 0.458. The first-order valence-corrected chi connectivity index (χ1v) is 9.10. The van der Waals surface area contributed by atoms with Gasteiger partial charge >= 0.3 is 12.0 Å². The minimum Gasteiger partial charge on any atom is -0.480 e. The number of rotatable bonds is 4. The highest BCUT2D eigenvalue weighted by Gasteiger charge is 2.37. The smallest absolute Gasteiger partial charge is 0.323 e. The fourth-order valence-electron chi connectivity index (χ4n) is 3.14. The van der Waals surface area contributed by atoms with Gasteiger partial charge in [-0.3, -0.25) is 4.79 Å². The number of aliphatic carboxylic acids is 1. The van der Waals surface area contributed by atoms with Crippen LogP contribution in [0.1, 0.15) is 32.6 Å². The fraction of sp³-hybridized carbons (Fsp3) is 0.846. The summed E-state index contributed by atoms with van der Waals surface area (Å²) in [5.74, 6) is -0.892. The minimum absolute atomic E-state index is 0.0148. The Kier molecular flexibility index (Phi) is 4.75. The van der Waals surface area contributed by atoms with E-state index in [1.54, 1.807) is 0 Å². The molecule has 1 aliphatic heterocycles. The van der Waals surface area contributed by atoms with Crippen LogP contribution in [0, 0.1) is 5.92 Å². The standard InChI is InChI=1S/C13H22N2O5S/c1-9-3-2-4-11(9)14-13(18)15(7-12(16)17)10-5-6-21(19,20)8-10/h9-11H,2-8H2,1H3,(H,14,18)(H,16,17). The van der Waals surface area contributed by atoms with Crippen molar-refractivity contribution in [1.82, 2.24) is 10.2 Å². The normalized spacial score (nSPS) is 31.0. The summed E-state index contributed by atoms with van der Waals surface area (Å²) in [5.41, 5.74) is 0. The van der Waals surface area contributed by atoms with Crippen molar-refractivity contribution in [2.75, 3.05) is 18.1 Å². The second-order valence-electron chi connectivity index (χ2n) is 6.04. The molecule has 2 N–H and O–H groups in total. The molecule has 7 nitrogen and oxygen atoms in total. The van der Waals surface area contributed by atoms with Gasteiger partial charge in [0.1, 0.15) is 6.54 Å². The molecule has 2 rings (SSSR count). The van der Waals surface area contributed by atoms with Crippen LogP contribution in [0.3, 0.4) is 0 Å². The highest BCUT2D eigenvalue weighted by Crippen LogP contribution is 2.25. The number of amides is 2. The second-order valence-corrected chi connectivity index (χ2v) is 8.27. The quantitative estimate of drug-likeness (QED) is 0.783. The lowest BCUT2D eigenvalue weighted by Gasteiger charge is -2.29. The van der Waals surface area contributed by atoms with E-state index < -0.39 is 34.4 Å². The highest BCUT2D eigenvalue weighted by atomic mass is 32.2. The summed E-state index contributed by atoms with van der Waals surface area (Å²) in [6, 6.07) is -0.951. The zero-order chi connectivity index (χ0) is 15.6. The average molecular weight is 318 g/mol. The van der Waals surface area contributed by atoms with Gasteiger partial charge in [-0.15, -0.1) is 0 Å². The Morgan fingerprint density at radius 2 is 2.00 bits per heavy atom. The van der Waals surface area contributed by atoms with Crippen LogP contribution >= 0.6 is 0 Å². The molecular formula is C13H22N2O5S. The second kappa shape index (κ2) is 6.21. The van der Waals surface area contributed by atoms with E-state index in [1.165, 1.54) is 0 Å². The number of nitrogens with zero attached hydrogens (tertiary/aromatic N) is 1. The van der Waals surface area contributed by atoms with E-state index in [0.29, 0.717) is 12.3 Å². The SMILES string of the molecule is CC1CCCC1NC(=O)N(CC(=O)O)C1CCS(=O)(=O)C1. The number of carbonyl (C=O) groups excluding carboxylic acids is 1. The summed E-state index contributed by atoms with van der Waals surface area (Å²) < 4.78 is 23.1. The molecule has 1 saturated heterocycles. The summed E-state index contributed by atoms with van der Waals surface area (Å²) in [4.78, 5) is 24.5. The van der Waals surface area contributed by atoms with Crippen LogP contribution in [0.4, 0.5) is 4.79 Å². The van der Waals surface area contributed by atoms with Crippen molar-refractivity contribution in [2.45, 2.75) is 44.7 Å². The Morgan fingerprint density at radius 1 is 1.29 bits per heavy atom. The molecule has 3 unspecified atom stereocenters. The largest absolute Gasteiger partial charge is 0.480 e. The van der Waals surface area contributed by atoms with Crippen molar-refractivity contribution in [3.63, 3.8) is 0 Å². The number of carboxylic acids is 1. The zero-order valence-corrected chi connectivity index (χ0v) is 12.9. The van der Waals surface area contributed by atoms with Crippen LogP contribution in [0.15, 0.2) is 0 Å². The molecule has 1 saturated carbocycles. The number of urea groups is 1. The van der Waals surface area contributed by atoms with Crippen LogP contribution in [0.2, 0.25) is 0 Å². The van der Waals surface area contributed by atoms with Crippen LogP contribution in [-0.4, -0.2) is 60.6 Å². The van der Waals surface area contributed by atoms with Gasteiger partial charge in [0.25, 0.3) is 0 Å². The first kappa shape index (κ1) is 16.1. The van der Waals surface area contributed by atoms with Crippen molar-refractivity contribution < 1.29 is 23.1 Å². The summed E-state index contributed by atoms with van der Waals surface area (Å²) in [5, 5.41) is 11.8. The number of sulfone groups is 1. The molecule has 1 aliphatic carbocycles. The Labute approximate surface area is 124 Å². The first-order valence-electron chi connectivity index (χ1n) is 7.28. The van der Waals surface area contributed by atoms with Crippen LogP contribution < -0.4 is 5.32 Å². The number of hydrogen-bond donors (Lipinski definition) is 2. The maximum atomic E-state index is 12.3. The third kappa shape index (κ3) is 4.09. The first-order chi connectivity index (χ1) is 9.78. The fourth-order valence-corrected chi connectivity index (χ4v) is 4.87. The lowest BCUT2D eigenvalue weighted by molar-refractivity contribution is -0.138. The van der Waals surface area contributed by atoms with Gasteiger partial charge in [0, 0.05) is 12.1 Å². The van der Waals surface area contributed by atoms with Gasteiger partial charge in [0.15, 0.2) is 9.84 Å². The Balaban J connectivity index is 2.04. The molecule has 0 bridgehead atoms. The monoisotopic (exact) mass is 318 g/mol. The van der Waals surface area contributed by atoms with E-state index in [4.69, 9.17) is 5.11 Å². The molecular weight excluding hydrogens is 296 g/mol. The molecule has 1 heterocycles. The Hall–Kier alpha value is -1.31. The maximum Gasteiger partial charge on any atom is 0.323 e. The molecule has 8 heteroatoms. The van der Waals surface area contributed by atoms with Crippen LogP contribution in [-0.2, 0) is 14.6 Å². The average Bonchev–Trinajstić information content (AvgIpc) is 2.92. The molecule has 0 radical (unpaired) electrons. The van der Waals surface area contributed by atoms with Crippen molar-refractivity contribution in [3.8, 4) is 0 Å². The lowest BCUT2D eigenvalue weighted by atomic mass is 10.1. The van der Waals surface area contributed by atoms with E-state index in [1.807, 2.05) is 0 Å². The zero-order valence-electron chi connectivity index (χ0n) is 12.1. The molecule has 0 spiro atoms. The van der Waals surface area contributed by atoms with Gasteiger partial charge in [0.2, 0.25) is 0 Å². The molecule has 2 amide bonds. The third-order valence-electron chi connectivity index (χ3n) is 4.39. The molecule has 2 aliphatic rings. The van der Waals surface area contributed by atoms with Crippen molar-refractivity contribution in [3.05, 3.63) is 0 Å². The van der Waals surface area contributed by atoms with Crippen molar-refractivity contribution in [2.24, 2.45) is 5.92 Å². The third-order valence-corrected chi connectivity index (χ3v) is 6.14. The molecule has 21 heavy (non-hydrogen) atoms. The van der Waals surface area contributed by atoms with Crippen molar-refractivity contribution >= 4 is 21.8 Å². The summed E-state index contributed by atoms with van der Waals surface area (Å²) >= 11 is 0. The molecule has 120 valence electrons. The minimum atomic E-state index is -3.16. The molecule has 3 atom stereocenters. The van der Waals surface area contributed by atoms with Gasteiger partial charge in [-0.25, -0.2) is 13.2 Å². The summed E-state index contributed by atoms with van der Waals surface area (Å²) in [7, 11) is -3.16. The number of carboxylic acid groups (broad SMARTS) is 1. The van der Waals surface area contributed by atoms with Gasteiger partial charge in [-0.2, -0.15) is 0 Å². The Bertz CT molecular complexity index is 519. The van der Waals surface area contributed by atoms with E-state index in [9.17, 15) is 18.0 Å².